The van der Waals surface area contributed by atoms with Gasteiger partial charge in [-0.25, -0.2) is 12.2 Å². The molecule has 0 spiro atoms. The Morgan fingerprint density at radius 2 is 1.05 bits per heavy atom. The van der Waals surface area contributed by atoms with Crippen LogP contribution in [-0.2, 0) is 20.0 Å². The molecule has 44 heavy (non-hydrogen) atoms. The average Bonchev–Trinajstić information content (AvgIpc) is 3.71. The molecular weight excluding hydrogens is 611 g/mol. The molecule has 0 heterocycles. The summed E-state index contributed by atoms with van der Waals surface area (Å²) in [4.78, 5) is 0. The second-order valence-electron chi connectivity index (χ2n) is 12.1. The van der Waals surface area contributed by atoms with Gasteiger partial charge in [-0.05, 0) is 86.1 Å². The van der Waals surface area contributed by atoms with E-state index in [9.17, 15) is 0 Å². The van der Waals surface area contributed by atoms with Crippen LogP contribution in [0.4, 0.5) is 0 Å². The molecule has 2 aliphatic rings. The number of hydrogen-bond acceptors (Lipinski definition) is 0. The Hall–Kier alpha value is -2.61. The van der Waals surface area contributed by atoms with E-state index in [0.717, 1.165) is 6.42 Å². The zero-order valence-electron chi connectivity index (χ0n) is 26.9. The molecule has 0 N–H and O–H groups in total. The molecule has 5 aromatic rings. The van der Waals surface area contributed by atoms with Gasteiger partial charge in [0.1, 0.15) is 0 Å². The molecule has 226 valence electrons. The standard InChI is InChI=1S/C31H29.C5H8.C5H5.2ClH.Ti/c1-18-11-20(3)30(21(4)12-18)26-9-7-24-15-25-8-10-27(17-29(25)28(24)16-26)31-22(5)13-19(2)14-23(31)6;2*1-2-4-5-3-1;;;/h7-17H,1-6H3;1-4H2;1-3H,4H2;2*1H;/q-1;;-1;;;+2/p-2. The minimum absolute atomic E-state index is 0. The van der Waals surface area contributed by atoms with Gasteiger partial charge in [0.2, 0.25) is 0 Å². The quantitative estimate of drug-likeness (QED) is 0.175. The van der Waals surface area contributed by atoms with E-state index in [-0.39, 0.29) is 24.8 Å². The maximum absolute atomic E-state index is 2.99. The van der Waals surface area contributed by atoms with E-state index in [2.05, 4.69) is 140 Å². The summed E-state index contributed by atoms with van der Waals surface area (Å²) in [6, 6.07) is 25.4. The molecule has 7 rings (SSSR count). The predicted octanol–water partition coefficient (Wildman–Crippen LogP) is 5.49. The third-order valence-electron chi connectivity index (χ3n) is 8.43. The second kappa shape index (κ2) is 16.1. The molecule has 0 bridgehead atoms. The van der Waals surface area contributed by atoms with Gasteiger partial charge in [-0.3, -0.25) is 6.08 Å². The van der Waals surface area contributed by atoms with Gasteiger partial charge >= 0.3 is 49.5 Å². The molecule has 2 aliphatic carbocycles. The van der Waals surface area contributed by atoms with Crippen LogP contribution in [0.3, 0.4) is 0 Å². The van der Waals surface area contributed by atoms with Crippen molar-refractivity contribution in [2.75, 3.05) is 0 Å². The van der Waals surface area contributed by atoms with E-state index >= 15 is 0 Å². The molecule has 5 aromatic carbocycles. The predicted molar refractivity (Wildman–Crippen MR) is 181 cm³/mol. The summed E-state index contributed by atoms with van der Waals surface area (Å²) in [5.41, 5.74) is 13.4. The number of hydrogen-bond donors (Lipinski definition) is 0. The Morgan fingerprint density at radius 3 is 1.34 bits per heavy atom. The summed E-state index contributed by atoms with van der Waals surface area (Å²) in [7, 11) is 0. The van der Waals surface area contributed by atoms with Crippen LogP contribution in [0.1, 0.15) is 65.5 Å². The molecule has 0 radical (unpaired) electrons. The van der Waals surface area contributed by atoms with Crippen LogP contribution in [0, 0.1) is 47.6 Å². The van der Waals surface area contributed by atoms with Gasteiger partial charge < -0.3 is 24.8 Å². The molecule has 0 amide bonds. The molecule has 1 fully saturated rings. The van der Waals surface area contributed by atoms with Crippen molar-refractivity contribution in [1.82, 2.24) is 0 Å². The van der Waals surface area contributed by atoms with Crippen LogP contribution in [0.15, 0.2) is 85.0 Å². The number of fused-ring (bicyclic) bond motifs is 3. The Balaban J connectivity index is 0.000000343. The molecule has 3 heteroatoms. The SMILES string of the molecule is Cc1cc(C)c(-c2ccc3[cH-]c4ccc(-c5c(C)cc(C)cc5C)cc4c3c2)c(C)c1.[C-]1=CC=CC1.[Cl-].[Cl-].[Ti+2]=[C]1CCCC1. The number of halogens is 2. The fourth-order valence-electron chi connectivity index (χ4n) is 6.72. The summed E-state index contributed by atoms with van der Waals surface area (Å²) >= 11 is 2.26. The maximum atomic E-state index is 2.99. The minimum atomic E-state index is 0. The van der Waals surface area contributed by atoms with Gasteiger partial charge in [0.05, 0.1) is 0 Å². The van der Waals surface area contributed by atoms with Crippen LogP contribution in [0.5, 0.6) is 0 Å². The van der Waals surface area contributed by atoms with Gasteiger partial charge in [-0.2, -0.15) is 6.08 Å². The molecule has 0 unspecified atom stereocenters. The van der Waals surface area contributed by atoms with Crippen molar-refractivity contribution in [2.24, 2.45) is 0 Å². The van der Waals surface area contributed by atoms with Crippen LogP contribution >= 0.6 is 0 Å². The summed E-state index contributed by atoms with van der Waals surface area (Å²) in [6.45, 7) is 13.3. The van der Waals surface area contributed by atoms with E-state index < -0.39 is 0 Å². The number of benzene rings is 4. The fraction of sp³-hybridized carbons (Fsp3) is 0.268. The fourth-order valence-corrected chi connectivity index (χ4v) is 7.27. The topological polar surface area (TPSA) is 0 Å². The van der Waals surface area contributed by atoms with Crippen molar-refractivity contribution >= 4 is 25.4 Å². The number of allylic oxidation sites excluding steroid dienone is 4. The molecular formula is C41H42Cl2Ti-2. The first-order valence-electron chi connectivity index (χ1n) is 15.3. The van der Waals surface area contributed by atoms with Gasteiger partial charge in [-0.15, -0.1) is 46.2 Å². The first kappa shape index (κ1) is 35.9. The van der Waals surface area contributed by atoms with Crippen LogP contribution in [-0.4, -0.2) is 3.81 Å². The Labute approximate surface area is 288 Å². The Kier molecular flexibility index (Phi) is 13.1. The van der Waals surface area contributed by atoms with Gasteiger partial charge in [0.25, 0.3) is 0 Å². The molecule has 0 saturated heterocycles. The molecule has 1 saturated carbocycles. The van der Waals surface area contributed by atoms with Crippen molar-refractivity contribution < 1.29 is 44.8 Å². The van der Waals surface area contributed by atoms with Crippen LogP contribution in [0.2, 0.25) is 0 Å². The van der Waals surface area contributed by atoms with Gasteiger partial charge in [-0.1, -0.05) is 59.7 Å². The van der Waals surface area contributed by atoms with E-state index in [4.69, 9.17) is 0 Å². The monoisotopic (exact) mass is 652 g/mol. The zero-order valence-corrected chi connectivity index (χ0v) is 29.9. The number of aryl methyl sites for hydroxylation is 6. The summed E-state index contributed by atoms with van der Waals surface area (Å²) in [6.07, 6.45) is 15.7. The van der Waals surface area contributed by atoms with Crippen molar-refractivity contribution in [3.05, 3.63) is 124 Å². The second-order valence-corrected chi connectivity index (χ2v) is 13.2. The van der Waals surface area contributed by atoms with Crippen molar-refractivity contribution in [1.29, 1.82) is 0 Å². The summed E-state index contributed by atoms with van der Waals surface area (Å²) in [5, 5.41) is 5.32. The van der Waals surface area contributed by atoms with E-state index in [1.807, 2.05) is 12.2 Å². The molecule has 0 aliphatic heterocycles. The Morgan fingerprint density at radius 1 is 0.614 bits per heavy atom. The van der Waals surface area contributed by atoms with E-state index in [1.54, 1.807) is 3.81 Å². The van der Waals surface area contributed by atoms with Gasteiger partial charge in [0.15, 0.2) is 0 Å². The summed E-state index contributed by atoms with van der Waals surface area (Å²) < 4.78 is 1.70. The van der Waals surface area contributed by atoms with Crippen LogP contribution in [0.25, 0.3) is 43.8 Å². The third-order valence-corrected chi connectivity index (χ3v) is 9.21. The Bertz CT molecular complexity index is 1660. The summed E-state index contributed by atoms with van der Waals surface area (Å²) in [5.74, 6) is 0. The third kappa shape index (κ3) is 8.35. The van der Waals surface area contributed by atoms with E-state index in [1.165, 1.54) is 103 Å². The zero-order chi connectivity index (χ0) is 29.8. The van der Waals surface area contributed by atoms with Crippen molar-refractivity contribution in [2.45, 2.75) is 73.6 Å². The molecule has 0 aromatic heterocycles. The van der Waals surface area contributed by atoms with Crippen molar-refractivity contribution in [3.8, 4) is 22.3 Å². The normalized spacial score (nSPS) is 13.2. The number of rotatable bonds is 2. The molecule has 0 atom stereocenters. The first-order valence-corrected chi connectivity index (χ1v) is 16.1. The van der Waals surface area contributed by atoms with E-state index in [0.29, 0.717) is 0 Å². The molecule has 0 nitrogen and oxygen atoms in total. The average molecular weight is 654 g/mol. The van der Waals surface area contributed by atoms with Crippen LogP contribution < -0.4 is 24.8 Å². The first-order chi connectivity index (χ1) is 20.2. The van der Waals surface area contributed by atoms with Crippen molar-refractivity contribution in [3.63, 3.8) is 0 Å². The van der Waals surface area contributed by atoms with Gasteiger partial charge in [0, 0.05) is 0 Å².